The van der Waals surface area contributed by atoms with Crippen LogP contribution in [0.25, 0.3) is 11.3 Å². The first-order valence-corrected chi connectivity index (χ1v) is 9.75. The van der Waals surface area contributed by atoms with E-state index in [9.17, 15) is 17.6 Å². The van der Waals surface area contributed by atoms with E-state index in [2.05, 4.69) is 40.8 Å². The zero-order valence-electron chi connectivity index (χ0n) is 15.0. The van der Waals surface area contributed by atoms with Crippen molar-refractivity contribution >= 4 is 21.7 Å². The first kappa shape index (κ1) is 19.8. The van der Waals surface area contributed by atoms with Crippen LogP contribution < -0.4 is 4.90 Å². The topological polar surface area (TPSA) is 57.7 Å². The molecule has 0 amide bonds. The summed E-state index contributed by atoms with van der Waals surface area (Å²) in [5.41, 5.74) is -0.696. The Bertz CT molecular complexity index is 1010. The van der Waals surface area contributed by atoms with Crippen LogP contribution in [0.3, 0.4) is 0 Å². The Morgan fingerprint density at radius 1 is 1.17 bits per heavy atom. The lowest BCUT2D eigenvalue weighted by atomic mass is 9.96. The summed E-state index contributed by atoms with van der Waals surface area (Å²) in [5.74, 6) is 0.423. The monoisotopic (exact) mass is 469 g/mol. The fourth-order valence-electron chi connectivity index (χ4n) is 3.50. The largest absolute Gasteiger partial charge is 0.419 e. The van der Waals surface area contributed by atoms with Gasteiger partial charge in [-0.25, -0.2) is 19.3 Å². The third-order valence-electron chi connectivity index (χ3n) is 4.99. The Hall–Kier alpha value is -2.49. The maximum Gasteiger partial charge on any atom is 0.419 e. The smallest absolute Gasteiger partial charge is 0.356 e. The van der Waals surface area contributed by atoms with E-state index < -0.39 is 17.6 Å². The zero-order chi connectivity index (χ0) is 20.6. The molecule has 152 valence electrons. The van der Waals surface area contributed by atoms with Gasteiger partial charge in [-0.3, -0.25) is 0 Å². The second-order valence-corrected chi connectivity index (χ2v) is 7.67. The van der Waals surface area contributed by atoms with Crippen LogP contribution in [0.4, 0.5) is 23.4 Å². The molecule has 0 unspecified atom stereocenters. The molecular formula is C19H16BrF4N5. The van der Waals surface area contributed by atoms with Gasteiger partial charge < -0.3 is 9.88 Å². The number of nitrogens with one attached hydrogen (secondary N) is 1. The fraction of sp³-hybridized carbons (Fsp3) is 0.316. The second kappa shape index (κ2) is 7.74. The Morgan fingerprint density at radius 2 is 1.93 bits per heavy atom. The molecular weight excluding hydrogens is 454 g/mol. The first-order valence-electron chi connectivity index (χ1n) is 8.96. The molecule has 0 spiro atoms. The molecule has 29 heavy (non-hydrogen) atoms. The average molecular weight is 470 g/mol. The van der Waals surface area contributed by atoms with E-state index in [1.165, 1.54) is 12.4 Å². The molecule has 1 saturated heterocycles. The van der Waals surface area contributed by atoms with Crippen molar-refractivity contribution in [2.45, 2.75) is 24.9 Å². The van der Waals surface area contributed by atoms with Gasteiger partial charge in [-0.05, 0) is 47.0 Å². The number of nitrogens with zero attached hydrogens (tertiary/aromatic N) is 4. The number of hydrogen-bond donors (Lipinski definition) is 1. The van der Waals surface area contributed by atoms with E-state index in [0.717, 1.165) is 54.2 Å². The fourth-order valence-corrected chi connectivity index (χ4v) is 3.97. The molecule has 1 fully saturated rings. The number of anilines is 1. The van der Waals surface area contributed by atoms with Crippen molar-refractivity contribution in [3.8, 4) is 11.3 Å². The number of halogens is 5. The summed E-state index contributed by atoms with van der Waals surface area (Å²) in [6.45, 7) is 1.54. The molecule has 1 aromatic carbocycles. The molecule has 0 aliphatic carbocycles. The van der Waals surface area contributed by atoms with E-state index in [1.54, 1.807) is 12.4 Å². The van der Waals surface area contributed by atoms with Crippen molar-refractivity contribution in [2.24, 2.45) is 0 Å². The van der Waals surface area contributed by atoms with Crippen LogP contribution in [0.5, 0.6) is 0 Å². The lowest BCUT2D eigenvalue weighted by Crippen LogP contribution is -2.34. The number of aromatic nitrogens is 4. The van der Waals surface area contributed by atoms with Crippen LogP contribution >= 0.6 is 15.9 Å². The van der Waals surface area contributed by atoms with E-state index in [-0.39, 0.29) is 11.5 Å². The highest BCUT2D eigenvalue weighted by Gasteiger charge is 2.34. The molecule has 1 aliphatic heterocycles. The molecule has 0 bridgehead atoms. The number of piperidine rings is 1. The third kappa shape index (κ3) is 4.12. The van der Waals surface area contributed by atoms with Gasteiger partial charge in [0.2, 0.25) is 0 Å². The first-order chi connectivity index (χ1) is 13.8. The van der Waals surface area contributed by atoms with Crippen molar-refractivity contribution in [1.29, 1.82) is 0 Å². The maximum absolute atomic E-state index is 13.5. The summed E-state index contributed by atoms with van der Waals surface area (Å²) in [6.07, 6.45) is 1.66. The molecule has 10 heteroatoms. The number of rotatable bonds is 3. The minimum absolute atomic E-state index is 0.156. The molecule has 0 atom stereocenters. The van der Waals surface area contributed by atoms with Crippen molar-refractivity contribution < 1.29 is 17.6 Å². The minimum atomic E-state index is -4.75. The van der Waals surface area contributed by atoms with E-state index in [0.29, 0.717) is 5.69 Å². The molecule has 1 N–H and O–H groups in total. The summed E-state index contributed by atoms with van der Waals surface area (Å²) in [5, 5.41) is 0. The number of benzene rings is 1. The molecule has 4 rings (SSSR count). The Labute approximate surface area is 172 Å². The van der Waals surface area contributed by atoms with Crippen LogP contribution in [0, 0.1) is 5.82 Å². The van der Waals surface area contributed by atoms with Crippen LogP contribution in [0.15, 0.2) is 41.4 Å². The van der Waals surface area contributed by atoms with Crippen molar-refractivity contribution in [3.05, 3.63) is 58.6 Å². The van der Waals surface area contributed by atoms with Gasteiger partial charge in [0.05, 0.1) is 15.7 Å². The second-order valence-electron chi connectivity index (χ2n) is 6.82. The van der Waals surface area contributed by atoms with Gasteiger partial charge in [0, 0.05) is 37.0 Å². The van der Waals surface area contributed by atoms with Gasteiger partial charge >= 0.3 is 6.18 Å². The minimum Gasteiger partial charge on any atom is -0.356 e. The van der Waals surface area contributed by atoms with Gasteiger partial charge in [-0.2, -0.15) is 13.2 Å². The van der Waals surface area contributed by atoms with Crippen LogP contribution in [-0.4, -0.2) is 33.0 Å². The zero-order valence-corrected chi connectivity index (χ0v) is 16.6. The highest BCUT2D eigenvalue weighted by molar-refractivity contribution is 9.10. The van der Waals surface area contributed by atoms with Gasteiger partial charge in [-0.15, -0.1) is 0 Å². The van der Waals surface area contributed by atoms with Crippen molar-refractivity contribution in [2.75, 3.05) is 18.0 Å². The average Bonchev–Trinajstić information content (AvgIpc) is 3.18. The molecule has 5 nitrogen and oxygen atoms in total. The third-order valence-corrected chi connectivity index (χ3v) is 5.55. The maximum atomic E-state index is 13.5. The lowest BCUT2D eigenvalue weighted by molar-refractivity contribution is -0.139. The summed E-state index contributed by atoms with van der Waals surface area (Å²) in [7, 11) is 0. The SMILES string of the molecule is Fc1ccc(-c2c[nH]c(C3CCN(c4ncncc4Br)CC3)n2)cc1C(F)(F)F. The van der Waals surface area contributed by atoms with Crippen molar-refractivity contribution in [1.82, 2.24) is 19.9 Å². The van der Waals surface area contributed by atoms with Crippen LogP contribution in [-0.2, 0) is 6.18 Å². The predicted molar refractivity (Wildman–Crippen MR) is 103 cm³/mol. The van der Waals surface area contributed by atoms with E-state index in [1.807, 2.05) is 0 Å². The molecule has 0 radical (unpaired) electrons. The molecule has 3 heterocycles. The number of imidazole rings is 1. The number of H-pyrrole nitrogens is 1. The van der Waals surface area contributed by atoms with Gasteiger partial charge in [0.25, 0.3) is 0 Å². The Kier molecular flexibility index (Phi) is 5.28. The van der Waals surface area contributed by atoms with Crippen LogP contribution in [0.1, 0.15) is 30.1 Å². The highest BCUT2D eigenvalue weighted by Crippen LogP contribution is 2.35. The van der Waals surface area contributed by atoms with Crippen LogP contribution in [0.2, 0.25) is 0 Å². The van der Waals surface area contributed by atoms with Gasteiger partial charge in [0.15, 0.2) is 0 Å². The number of aromatic amines is 1. The number of hydrogen-bond acceptors (Lipinski definition) is 4. The highest BCUT2D eigenvalue weighted by atomic mass is 79.9. The summed E-state index contributed by atoms with van der Waals surface area (Å²) in [4.78, 5) is 18.0. The molecule has 2 aromatic heterocycles. The summed E-state index contributed by atoms with van der Waals surface area (Å²) < 4.78 is 53.2. The Morgan fingerprint density at radius 3 is 2.62 bits per heavy atom. The normalized spacial score (nSPS) is 15.7. The summed E-state index contributed by atoms with van der Waals surface area (Å²) in [6, 6.07) is 2.93. The lowest BCUT2D eigenvalue weighted by Gasteiger charge is -2.32. The molecule has 0 saturated carbocycles. The Balaban J connectivity index is 1.49. The molecule has 3 aromatic rings. The quantitative estimate of drug-likeness (QED) is 0.537. The van der Waals surface area contributed by atoms with Gasteiger partial charge in [0.1, 0.15) is 23.8 Å². The summed E-state index contributed by atoms with van der Waals surface area (Å²) >= 11 is 3.45. The standard InChI is InChI=1S/C19H16BrF4N5/c20-14-8-25-10-27-18(14)29-5-3-11(4-6-29)17-26-9-16(28-17)12-1-2-15(21)13(7-12)19(22,23)24/h1-2,7-11H,3-6H2,(H,26,28). The number of alkyl halides is 3. The van der Waals surface area contributed by atoms with Gasteiger partial charge in [-0.1, -0.05) is 0 Å². The van der Waals surface area contributed by atoms with E-state index in [4.69, 9.17) is 0 Å². The predicted octanol–water partition coefficient (Wildman–Crippen LogP) is 5.17. The van der Waals surface area contributed by atoms with E-state index >= 15 is 0 Å². The van der Waals surface area contributed by atoms with Crippen molar-refractivity contribution in [3.63, 3.8) is 0 Å². The molecule has 1 aliphatic rings.